The molecule has 94 valence electrons. The van der Waals surface area contributed by atoms with Crippen molar-refractivity contribution in [2.45, 2.75) is 51.5 Å². The van der Waals surface area contributed by atoms with Gasteiger partial charge >= 0.3 is 0 Å². The van der Waals surface area contributed by atoms with Crippen molar-refractivity contribution in [2.24, 2.45) is 5.92 Å². The zero-order valence-electron chi connectivity index (χ0n) is 11.4. The van der Waals surface area contributed by atoms with Crippen molar-refractivity contribution in [2.75, 3.05) is 6.54 Å². The Balaban J connectivity index is 1.86. The predicted molar refractivity (Wildman–Crippen MR) is 74.3 cm³/mol. The lowest BCUT2D eigenvalue weighted by atomic mass is 9.79. The molecule has 1 fully saturated rings. The highest BCUT2D eigenvalue weighted by Crippen LogP contribution is 2.30. The van der Waals surface area contributed by atoms with Crippen molar-refractivity contribution >= 4 is 0 Å². The van der Waals surface area contributed by atoms with Gasteiger partial charge < -0.3 is 5.32 Å². The van der Waals surface area contributed by atoms with Crippen LogP contribution in [0.15, 0.2) is 30.3 Å². The number of benzene rings is 1. The molecule has 1 N–H and O–H groups in total. The Labute approximate surface area is 106 Å². The molecule has 1 nitrogen and oxygen atoms in total. The first-order valence-corrected chi connectivity index (χ1v) is 6.87. The Bertz CT molecular complexity index is 338. The van der Waals surface area contributed by atoms with Gasteiger partial charge in [-0.2, -0.15) is 0 Å². The molecule has 1 aromatic carbocycles. The summed E-state index contributed by atoms with van der Waals surface area (Å²) < 4.78 is 0. The number of nitrogens with one attached hydrogen (secondary N) is 1. The van der Waals surface area contributed by atoms with Gasteiger partial charge in [0, 0.05) is 6.04 Å². The van der Waals surface area contributed by atoms with E-state index in [4.69, 9.17) is 0 Å². The van der Waals surface area contributed by atoms with Crippen LogP contribution in [0.5, 0.6) is 0 Å². The van der Waals surface area contributed by atoms with E-state index in [0.717, 1.165) is 5.92 Å². The molecular weight excluding hydrogens is 206 g/mol. The fraction of sp³-hybridized carbons (Fsp3) is 0.625. The van der Waals surface area contributed by atoms with E-state index in [1.807, 2.05) is 0 Å². The van der Waals surface area contributed by atoms with Crippen molar-refractivity contribution < 1.29 is 0 Å². The van der Waals surface area contributed by atoms with Crippen LogP contribution in [-0.4, -0.2) is 12.6 Å². The first kappa shape index (κ1) is 12.6. The first-order valence-electron chi connectivity index (χ1n) is 6.87. The van der Waals surface area contributed by atoms with Crippen molar-refractivity contribution in [3.63, 3.8) is 0 Å². The lowest BCUT2D eigenvalue weighted by Crippen LogP contribution is -2.34. The van der Waals surface area contributed by atoms with Crippen molar-refractivity contribution in [3.05, 3.63) is 35.9 Å². The topological polar surface area (TPSA) is 12.0 Å². The summed E-state index contributed by atoms with van der Waals surface area (Å²) in [6.07, 6.45) is 4.06. The lowest BCUT2D eigenvalue weighted by Gasteiger charge is -2.29. The van der Waals surface area contributed by atoms with Crippen LogP contribution in [0.2, 0.25) is 0 Å². The number of rotatable bonds is 6. The summed E-state index contributed by atoms with van der Waals surface area (Å²) in [5, 5.41) is 3.67. The third-order valence-corrected chi connectivity index (χ3v) is 3.82. The van der Waals surface area contributed by atoms with Gasteiger partial charge in [-0.25, -0.2) is 0 Å². The molecule has 0 aromatic heterocycles. The maximum absolute atomic E-state index is 3.67. The lowest BCUT2D eigenvalue weighted by molar-refractivity contribution is 0.385. The largest absolute Gasteiger partial charge is 0.314 e. The molecule has 0 saturated heterocycles. The molecule has 1 aromatic rings. The molecule has 0 amide bonds. The Kier molecular flexibility index (Phi) is 3.88. The maximum Gasteiger partial charge on any atom is 0.00471 e. The highest BCUT2D eigenvalue weighted by molar-refractivity contribution is 5.23. The van der Waals surface area contributed by atoms with Crippen LogP contribution < -0.4 is 5.32 Å². The van der Waals surface area contributed by atoms with Gasteiger partial charge in [0.05, 0.1) is 0 Å². The molecule has 0 aliphatic heterocycles. The van der Waals surface area contributed by atoms with Crippen LogP contribution in [0.4, 0.5) is 0 Å². The summed E-state index contributed by atoms with van der Waals surface area (Å²) >= 11 is 0. The Morgan fingerprint density at radius 2 is 1.88 bits per heavy atom. The molecule has 0 spiro atoms. The second-order valence-electron chi connectivity index (χ2n) is 6.21. The van der Waals surface area contributed by atoms with E-state index in [1.54, 1.807) is 0 Å². The van der Waals surface area contributed by atoms with E-state index in [-0.39, 0.29) is 5.41 Å². The molecule has 1 aliphatic carbocycles. The van der Waals surface area contributed by atoms with E-state index in [9.17, 15) is 0 Å². The molecule has 0 bridgehead atoms. The number of hydrogen-bond donors (Lipinski definition) is 1. The molecule has 1 unspecified atom stereocenters. The first-order chi connectivity index (χ1) is 8.08. The maximum atomic E-state index is 3.67. The van der Waals surface area contributed by atoms with Gasteiger partial charge in [0.1, 0.15) is 0 Å². The SMILES string of the molecule is CC(CC(C)(C)c1ccccc1)NCC1CC1. The highest BCUT2D eigenvalue weighted by atomic mass is 14.9. The van der Waals surface area contributed by atoms with Gasteiger partial charge in [0.15, 0.2) is 0 Å². The van der Waals surface area contributed by atoms with Gasteiger partial charge in [0.2, 0.25) is 0 Å². The van der Waals surface area contributed by atoms with Crippen LogP contribution >= 0.6 is 0 Å². The monoisotopic (exact) mass is 231 g/mol. The van der Waals surface area contributed by atoms with Gasteiger partial charge in [-0.3, -0.25) is 0 Å². The second-order valence-corrected chi connectivity index (χ2v) is 6.21. The third-order valence-electron chi connectivity index (χ3n) is 3.82. The standard InChI is InChI=1S/C16H25N/c1-13(17-12-14-9-10-14)11-16(2,3)15-7-5-4-6-8-15/h4-8,13-14,17H,9-12H2,1-3H3. The minimum Gasteiger partial charge on any atom is -0.314 e. The van der Waals surface area contributed by atoms with Gasteiger partial charge in [0.25, 0.3) is 0 Å². The van der Waals surface area contributed by atoms with E-state index in [2.05, 4.69) is 56.4 Å². The Morgan fingerprint density at radius 3 is 2.47 bits per heavy atom. The molecule has 2 rings (SSSR count). The molecule has 1 heteroatoms. The van der Waals surface area contributed by atoms with E-state index >= 15 is 0 Å². The van der Waals surface area contributed by atoms with Crippen LogP contribution in [-0.2, 0) is 5.41 Å². The Morgan fingerprint density at radius 1 is 1.24 bits per heavy atom. The average molecular weight is 231 g/mol. The molecule has 1 saturated carbocycles. The summed E-state index contributed by atoms with van der Waals surface area (Å²) in [5.41, 5.74) is 1.71. The number of hydrogen-bond acceptors (Lipinski definition) is 1. The summed E-state index contributed by atoms with van der Waals surface area (Å²) in [5.74, 6) is 0.970. The minimum absolute atomic E-state index is 0.261. The quantitative estimate of drug-likeness (QED) is 0.786. The fourth-order valence-corrected chi connectivity index (χ4v) is 2.53. The summed E-state index contributed by atoms with van der Waals surface area (Å²) in [4.78, 5) is 0. The molecular formula is C16H25N. The normalized spacial score (nSPS) is 18.1. The second kappa shape index (κ2) is 5.22. The summed E-state index contributed by atoms with van der Waals surface area (Å²) in [6, 6.07) is 11.5. The zero-order chi connectivity index (χ0) is 12.3. The van der Waals surface area contributed by atoms with Gasteiger partial charge in [-0.05, 0) is 49.6 Å². The van der Waals surface area contributed by atoms with E-state index in [1.165, 1.54) is 31.4 Å². The van der Waals surface area contributed by atoms with E-state index in [0.29, 0.717) is 6.04 Å². The Hall–Kier alpha value is -0.820. The molecule has 1 atom stereocenters. The van der Waals surface area contributed by atoms with Gasteiger partial charge in [-0.1, -0.05) is 44.2 Å². The van der Waals surface area contributed by atoms with Crippen LogP contribution in [0.3, 0.4) is 0 Å². The zero-order valence-corrected chi connectivity index (χ0v) is 11.4. The third kappa shape index (κ3) is 3.85. The summed E-state index contributed by atoms with van der Waals surface area (Å²) in [6.45, 7) is 8.22. The van der Waals surface area contributed by atoms with Crippen molar-refractivity contribution in [3.8, 4) is 0 Å². The summed E-state index contributed by atoms with van der Waals surface area (Å²) in [7, 11) is 0. The molecule has 0 heterocycles. The van der Waals surface area contributed by atoms with E-state index < -0.39 is 0 Å². The van der Waals surface area contributed by atoms with Crippen molar-refractivity contribution in [1.29, 1.82) is 0 Å². The van der Waals surface area contributed by atoms with Crippen LogP contribution in [0.1, 0.15) is 45.6 Å². The van der Waals surface area contributed by atoms with Crippen LogP contribution in [0.25, 0.3) is 0 Å². The fourth-order valence-electron chi connectivity index (χ4n) is 2.53. The van der Waals surface area contributed by atoms with Crippen molar-refractivity contribution in [1.82, 2.24) is 5.32 Å². The smallest absolute Gasteiger partial charge is 0.00471 e. The highest BCUT2D eigenvalue weighted by Gasteiger charge is 2.25. The average Bonchev–Trinajstić information content (AvgIpc) is 3.11. The van der Waals surface area contributed by atoms with Gasteiger partial charge in [-0.15, -0.1) is 0 Å². The molecule has 0 radical (unpaired) electrons. The predicted octanol–water partition coefficient (Wildman–Crippen LogP) is 3.74. The van der Waals surface area contributed by atoms with Crippen LogP contribution in [0, 0.1) is 5.92 Å². The minimum atomic E-state index is 0.261. The molecule has 17 heavy (non-hydrogen) atoms. The molecule has 1 aliphatic rings.